The van der Waals surface area contributed by atoms with Crippen molar-refractivity contribution in [2.45, 2.75) is 24.3 Å². The number of hydrogen-bond donors (Lipinski definition) is 1. The van der Waals surface area contributed by atoms with Gasteiger partial charge in [-0.25, -0.2) is 17.8 Å². The first kappa shape index (κ1) is 20.5. The Bertz CT molecular complexity index is 951. The number of benzene rings is 1. The standard InChI is InChI=1S/C16H17ClFN3O3S3/c1-10-20-11(7-26-10)4-5-19-16(22)15-8-25-9-21(15)27(23,24)12-2-3-14(18)13(17)6-12/h2-3,6-7,15H,4-5,8-9H2,1H3,(H,19,22)/t15-/m1/s1. The quantitative estimate of drug-likeness (QED) is 0.733. The second kappa shape index (κ2) is 8.44. The molecule has 27 heavy (non-hydrogen) atoms. The number of thioether (sulfide) groups is 1. The molecule has 146 valence electrons. The number of nitrogens with one attached hydrogen (secondary N) is 1. The summed E-state index contributed by atoms with van der Waals surface area (Å²) in [4.78, 5) is 16.7. The number of hydrogen-bond acceptors (Lipinski definition) is 6. The SMILES string of the molecule is Cc1nc(CCNC(=O)[C@H]2CSCN2S(=O)(=O)c2ccc(F)c(Cl)c2)cs1. The number of nitrogens with zero attached hydrogens (tertiary/aromatic N) is 2. The van der Waals surface area contributed by atoms with Crippen LogP contribution in [0.1, 0.15) is 10.7 Å². The van der Waals surface area contributed by atoms with Crippen LogP contribution < -0.4 is 5.32 Å². The van der Waals surface area contributed by atoms with Crippen LogP contribution in [0.25, 0.3) is 0 Å². The van der Waals surface area contributed by atoms with Gasteiger partial charge in [0.1, 0.15) is 11.9 Å². The summed E-state index contributed by atoms with van der Waals surface area (Å²) in [6, 6.07) is 2.40. The third kappa shape index (κ3) is 4.62. The van der Waals surface area contributed by atoms with Crippen LogP contribution in [0.15, 0.2) is 28.5 Å². The highest BCUT2D eigenvalue weighted by Gasteiger charge is 2.40. The van der Waals surface area contributed by atoms with Crippen LogP contribution in [0.5, 0.6) is 0 Å². The van der Waals surface area contributed by atoms with E-state index < -0.39 is 21.9 Å². The predicted octanol–water partition coefficient (Wildman–Crippen LogP) is 2.67. The molecular formula is C16H17ClFN3O3S3. The summed E-state index contributed by atoms with van der Waals surface area (Å²) >= 11 is 8.60. The zero-order chi connectivity index (χ0) is 19.6. The van der Waals surface area contributed by atoms with E-state index in [1.807, 2.05) is 12.3 Å². The van der Waals surface area contributed by atoms with Gasteiger partial charge in [-0.2, -0.15) is 4.31 Å². The van der Waals surface area contributed by atoms with Crippen molar-refractivity contribution in [2.24, 2.45) is 0 Å². The van der Waals surface area contributed by atoms with Crippen molar-refractivity contribution in [1.82, 2.24) is 14.6 Å². The number of sulfonamides is 1. The summed E-state index contributed by atoms with van der Waals surface area (Å²) in [5.41, 5.74) is 0.893. The van der Waals surface area contributed by atoms with E-state index in [1.165, 1.54) is 23.1 Å². The summed E-state index contributed by atoms with van der Waals surface area (Å²) < 4.78 is 40.2. The molecule has 1 fully saturated rings. The maximum atomic E-state index is 13.3. The lowest BCUT2D eigenvalue weighted by molar-refractivity contribution is -0.123. The van der Waals surface area contributed by atoms with Crippen LogP contribution in [0.4, 0.5) is 4.39 Å². The lowest BCUT2D eigenvalue weighted by Crippen LogP contribution is -2.47. The Balaban J connectivity index is 1.68. The molecule has 0 radical (unpaired) electrons. The summed E-state index contributed by atoms with van der Waals surface area (Å²) in [5, 5.41) is 5.39. The highest BCUT2D eigenvalue weighted by molar-refractivity contribution is 8.00. The lowest BCUT2D eigenvalue weighted by atomic mass is 10.3. The van der Waals surface area contributed by atoms with Crippen LogP contribution in [0.3, 0.4) is 0 Å². The molecule has 1 saturated heterocycles. The van der Waals surface area contributed by atoms with E-state index in [9.17, 15) is 17.6 Å². The predicted molar refractivity (Wildman–Crippen MR) is 105 cm³/mol. The molecule has 1 aromatic heterocycles. The van der Waals surface area contributed by atoms with Gasteiger partial charge in [-0.05, 0) is 25.1 Å². The Labute approximate surface area is 170 Å². The zero-order valence-corrected chi connectivity index (χ0v) is 17.5. The molecule has 2 aromatic rings. The van der Waals surface area contributed by atoms with Gasteiger partial charge in [0.15, 0.2) is 0 Å². The first-order valence-electron chi connectivity index (χ1n) is 8.02. The van der Waals surface area contributed by atoms with Gasteiger partial charge in [-0.1, -0.05) is 11.6 Å². The highest BCUT2D eigenvalue weighted by Crippen LogP contribution is 2.30. The smallest absolute Gasteiger partial charge is 0.244 e. The molecule has 0 spiro atoms. The van der Waals surface area contributed by atoms with E-state index in [1.54, 1.807) is 0 Å². The summed E-state index contributed by atoms with van der Waals surface area (Å²) in [6.45, 7) is 2.28. The average molecular weight is 450 g/mol. The Morgan fingerprint density at radius 1 is 1.48 bits per heavy atom. The lowest BCUT2D eigenvalue weighted by Gasteiger charge is -2.22. The van der Waals surface area contributed by atoms with Crippen molar-refractivity contribution in [3.63, 3.8) is 0 Å². The minimum absolute atomic E-state index is 0.132. The second-order valence-corrected chi connectivity index (χ2v) is 10.2. The van der Waals surface area contributed by atoms with Crippen molar-refractivity contribution < 1.29 is 17.6 Å². The maximum absolute atomic E-state index is 13.3. The molecule has 0 unspecified atom stereocenters. The molecule has 1 aliphatic rings. The van der Waals surface area contributed by atoms with Crippen LogP contribution in [-0.4, -0.2) is 47.8 Å². The average Bonchev–Trinajstić information content (AvgIpc) is 3.26. The molecule has 6 nitrogen and oxygen atoms in total. The third-order valence-corrected chi connectivity index (χ3v) is 8.13. The number of carbonyl (C=O) groups is 1. The van der Waals surface area contributed by atoms with E-state index in [0.717, 1.165) is 33.2 Å². The van der Waals surface area contributed by atoms with Gasteiger partial charge in [-0.15, -0.1) is 23.1 Å². The number of halogens is 2. The molecule has 0 saturated carbocycles. The topological polar surface area (TPSA) is 79.4 Å². The Morgan fingerprint density at radius 2 is 2.26 bits per heavy atom. The first-order chi connectivity index (χ1) is 12.8. The van der Waals surface area contributed by atoms with E-state index in [2.05, 4.69) is 10.3 Å². The van der Waals surface area contributed by atoms with Gasteiger partial charge in [0.05, 0.1) is 26.5 Å². The van der Waals surface area contributed by atoms with Crippen molar-refractivity contribution in [3.05, 3.63) is 45.1 Å². The summed E-state index contributed by atoms with van der Waals surface area (Å²) in [6.07, 6.45) is 0.580. The minimum atomic E-state index is -3.96. The summed E-state index contributed by atoms with van der Waals surface area (Å²) in [7, 11) is -3.96. The van der Waals surface area contributed by atoms with E-state index in [0.29, 0.717) is 18.7 Å². The monoisotopic (exact) mass is 449 g/mol. The van der Waals surface area contributed by atoms with Crippen molar-refractivity contribution in [3.8, 4) is 0 Å². The minimum Gasteiger partial charge on any atom is -0.354 e. The molecule has 1 N–H and O–H groups in total. The highest BCUT2D eigenvalue weighted by atomic mass is 35.5. The van der Waals surface area contributed by atoms with Gasteiger partial charge in [0.2, 0.25) is 15.9 Å². The van der Waals surface area contributed by atoms with Gasteiger partial charge >= 0.3 is 0 Å². The fourth-order valence-corrected chi connectivity index (χ4v) is 6.67. The molecule has 0 aliphatic carbocycles. The number of rotatable bonds is 6. The molecule has 1 atom stereocenters. The van der Waals surface area contributed by atoms with Crippen LogP contribution >= 0.6 is 34.7 Å². The first-order valence-corrected chi connectivity index (χ1v) is 11.9. The fourth-order valence-electron chi connectivity index (χ4n) is 2.60. The zero-order valence-electron chi connectivity index (χ0n) is 14.3. The molecule has 1 aliphatic heterocycles. The normalized spacial score (nSPS) is 18.0. The molecular weight excluding hydrogens is 433 g/mol. The maximum Gasteiger partial charge on any atom is 0.244 e. The fraction of sp³-hybridized carbons (Fsp3) is 0.375. The van der Waals surface area contributed by atoms with Crippen molar-refractivity contribution in [2.75, 3.05) is 18.2 Å². The van der Waals surface area contributed by atoms with Crippen LogP contribution in [0.2, 0.25) is 5.02 Å². The Hall–Kier alpha value is -1.20. The van der Waals surface area contributed by atoms with Crippen molar-refractivity contribution in [1.29, 1.82) is 0 Å². The van der Waals surface area contributed by atoms with Gasteiger partial charge < -0.3 is 5.32 Å². The van der Waals surface area contributed by atoms with E-state index >= 15 is 0 Å². The number of carbonyl (C=O) groups excluding carboxylic acids is 1. The second-order valence-electron chi connectivity index (χ2n) is 5.88. The molecule has 11 heteroatoms. The van der Waals surface area contributed by atoms with Crippen molar-refractivity contribution >= 4 is 50.6 Å². The van der Waals surface area contributed by atoms with Gasteiger partial charge in [0, 0.05) is 24.1 Å². The molecule has 2 heterocycles. The molecule has 1 amide bonds. The number of amides is 1. The van der Waals surface area contributed by atoms with Gasteiger partial charge in [0.25, 0.3) is 0 Å². The molecule has 1 aromatic carbocycles. The van der Waals surface area contributed by atoms with Crippen LogP contribution in [-0.2, 0) is 21.2 Å². The molecule has 0 bridgehead atoms. The summed E-state index contributed by atoms with van der Waals surface area (Å²) in [5.74, 6) is -0.544. The van der Waals surface area contributed by atoms with E-state index in [-0.39, 0.29) is 21.7 Å². The number of aryl methyl sites for hydroxylation is 1. The van der Waals surface area contributed by atoms with Gasteiger partial charge in [-0.3, -0.25) is 4.79 Å². The molecule has 3 rings (SSSR count). The third-order valence-electron chi connectivity index (χ3n) is 3.99. The largest absolute Gasteiger partial charge is 0.354 e. The van der Waals surface area contributed by atoms with E-state index in [4.69, 9.17) is 11.6 Å². The number of aromatic nitrogens is 1. The Kier molecular flexibility index (Phi) is 6.42. The number of thiazole rings is 1. The Morgan fingerprint density at radius 3 is 2.93 bits per heavy atom. The van der Waals surface area contributed by atoms with Crippen LogP contribution in [0, 0.1) is 12.7 Å².